The first-order chi connectivity index (χ1) is 8.39. The van der Waals surface area contributed by atoms with Crippen LogP contribution in [0.5, 0.6) is 0 Å². The lowest BCUT2D eigenvalue weighted by atomic mass is 10.4. The average Bonchev–Trinajstić information content (AvgIpc) is 2.71. The van der Waals surface area contributed by atoms with Crippen molar-refractivity contribution in [2.45, 2.75) is 13.0 Å². The zero-order valence-electron chi connectivity index (χ0n) is 11.1. The van der Waals surface area contributed by atoms with Gasteiger partial charge in [-0.2, -0.15) is 17.0 Å². The van der Waals surface area contributed by atoms with Gasteiger partial charge in [-0.25, -0.2) is 4.98 Å². The van der Waals surface area contributed by atoms with Crippen LogP contribution in [0.1, 0.15) is 12.2 Å². The highest BCUT2D eigenvalue weighted by Gasteiger charge is 2.24. The van der Waals surface area contributed by atoms with Gasteiger partial charge in [-0.1, -0.05) is 0 Å². The lowest BCUT2D eigenvalue weighted by Crippen LogP contribution is -2.40. The molecule has 0 aromatic carbocycles. The van der Waals surface area contributed by atoms with Gasteiger partial charge < -0.3 is 10.3 Å². The van der Waals surface area contributed by atoms with Crippen molar-refractivity contribution in [3.8, 4) is 0 Å². The molecule has 0 atom stereocenters. The van der Waals surface area contributed by atoms with Crippen LogP contribution < -0.4 is 5.73 Å². The third kappa shape index (κ3) is 3.52. The quantitative estimate of drug-likeness (QED) is 0.718. The molecule has 7 nitrogen and oxygen atoms in total. The van der Waals surface area contributed by atoms with Gasteiger partial charge in [0.05, 0.1) is 6.54 Å². The minimum absolute atomic E-state index is 0.249. The lowest BCUT2D eigenvalue weighted by Gasteiger charge is -2.23. The Labute approximate surface area is 108 Å². The fourth-order valence-electron chi connectivity index (χ4n) is 1.50. The van der Waals surface area contributed by atoms with Gasteiger partial charge in [0.15, 0.2) is 0 Å². The molecule has 1 aromatic heterocycles. The number of aromatic nitrogens is 2. The van der Waals surface area contributed by atoms with Crippen LogP contribution in [0.3, 0.4) is 0 Å². The summed E-state index contributed by atoms with van der Waals surface area (Å²) in [6, 6.07) is 0. The normalized spacial score (nSPS) is 12.6. The predicted octanol–water partition coefficient (Wildman–Crippen LogP) is -0.623. The second-order valence-corrected chi connectivity index (χ2v) is 6.32. The second kappa shape index (κ2) is 6.28. The molecular formula is C10H21N5O2S. The van der Waals surface area contributed by atoms with E-state index in [1.165, 1.54) is 8.61 Å². The van der Waals surface area contributed by atoms with Gasteiger partial charge in [-0.05, 0) is 13.0 Å². The first-order valence-electron chi connectivity index (χ1n) is 5.73. The fraction of sp³-hybridized carbons (Fsp3) is 0.700. The van der Waals surface area contributed by atoms with E-state index in [9.17, 15) is 8.42 Å². The Hall–Kier alpha value is -0.960. The van der Waals surface area contributed by atoms with Gasteiger partial charge >= 0.3 is 0 Å². The van der Waals surface area contributed by atoms with Crippen LogP contribution in [0.4, 0.5) is 0 Å². The van der Waals surface area contributed by atoms with Crippen LogP contribution in [-0.4, -0.2) is 53.8 Å². The summed E-state index contributed by atoms with van der Waals surface area (Å²) in [5.74, 6) is 0.702. The van der Waals surface area contributed by atoms with E-state index >= 15 is 0 Å². The summed E-state index contributed by atoms with van der Waals surface area (Å²) in [5, 5.41) is 0. The third-order valence-corrected chi connectivity index (χ3v) is 4.64. The molecule has 1 aromatic rings. The molecule has 0 bridgehead atoms. The van der Waals surface area contributed by atoms with E-state index in [0.717, 1.165) is 0 Å². The molecule has 0 saturated carbocycles. The number of imidazole rings is 1. The Morgan fingerprint density at radius 1 is 1.39 bits per heavy atom. The maximum absolute atomic E-state index is 12.1. The summed E-state index contributed by atoms with van der Waals surface area (Å²) < 4.78 is 28.7. The molecule has 0 amide bonds. The Morgan fingerprint density at radius 3 is 2.56 bits per heavy atom. The molecule has 0 aliphatic rings. The van der Waals surface area contributed by atoms with Crippen molar-refractivity contribution in [2.75, 3.05) is 27.2 Å². The van der Waals surface area contributed by atoms with Crippen LogP contribution in [0.25, 0.3) is 0 Å². The van der Waals surface area contributed by atoms with Crippen molar-refractivity contribution >= 4 is 10.2 Å². The zero-order valence-corrected chi connectivity index (χ0v) is 11.9. The maximum Gasteiger partial charge on any atom is 0.281 e. The summed E-state index contributed by atoms with van der Waals surface area (Å²) in [4.78, 5) is 4.11. The van der Waals surface area contributed by atoms with Crippen LogP contribution in [0.2, 0.25) is 0 Å². The number of hydrogen-bond donors (Lipinski definition) is 1. The minimum Gasteiger partial charge on any atom is -0.337 e. The van der Waals surface area contributed by atoms with E-state index in [1.807, 2.05) is 7.05 Å². The van der Waals surface area contributed by atoms with Gasteiger partial charge in [0, 0.05) is 40.1 Å². The Kier molecular flexibility index (Phi) is 5.27. The highest BCUT2D eigenvalue weighted by Crippen LogP contribution is 2.08. The van der Waals surface area contributed by atoms with Crippen molar-refractivity contribution in [3.05, 3.63) is 18.2 Å². The van der Waals surface area contributed by atoms with Crippen molar-refractivity contribution in [3.63, 3.8) is 0 Å². The Morgan fingerprint density at radius 2 is 2.06 bits per heavy atom. The maximum atomic E-state index is 12.1. The van der Waals surface area contributed by atoms with Crippen LogP contribution in [0.15, 0.2) is 12.4 Å². The smallest absolute Gasteiger partial charge is 0.281 e. The van der Waals surface area contributed by atoms with Crippen LogP contribution >= 0.6 is 0 Å². The first-order valence-corrected chi connectivity index (χ1v) is 7.13. The fourth-order valence-corrected chi connectivity index (χ4v) is 2.61. The SMILES string of the molecule is CN(CCCN)S(=O)(=O)N(C)Cc1nccn1C. The number of rotatable bonds is 7. The topological polar surface area (TPSA) is 84.5 Å². The third-order valence-electron chi connectivity index (χ3n) is 2.75. The molecule has 8 heteroatoms. The molecule has 104 valence electrons. The zero-order chi connectivity index (χ0) is 13.8. The largest absolute Gasteiger partial charge is 0.337 e. The van der Waals surface area contributed by atoms with Crippen molar-refractivity contribution in [1.29, 1.82) is 0 Å². The summed E-state index contributed by atoms with van der Waals surface area (Å²) in [6.07, 6.45) is 4.08. The molecule has 0 unspecified atom stereocenters. The van der Waals surface area contributed by atoms with Gasteiger partial charge in [-0.15, -0.1) is 0 Å². The molecule has 0 fully saturated rings. The number of nitrogens with two attached hydrogens (primary N) is 1. The van der Waals surface area contributed by atoms with E-state index in [-0.39, 0.29) is 6.54 Å². The van der Waals surface area contributed by atoms with E-state index in [2.05, 4.69) is 4.98 Å². The molecule has 1 rings (SSSR count). The van der Waals surface area contributed by atoms with Gasteiger partial charge in [0.1, 0.15) is 5.82 Å². The van der Waals surface area contributed by atoms with Gasteiger partial charge in [0.2, 0.25) is 0 Å². The summed E-state index contributed by atoms with van der Waals surface area (Å²) >= 11 is 0. The minimum atomic E-state index is -3.45. The molecule has 0 radical (unpaired) electrons. The Balaban J connectivity index is 2.70. The van der Waals surface area contributed by atoms with E-state index in [0.29, 0.717) is 25.3 Å². The van der Waals surface area contributed by atoms with Gasteiger partial charge in [-0.3, -0.25) is 0 Å². The lowest BCUT2D eigenvalue weighted by molar-refractivity contribution is 0.380. The number of nitrogens with zero attached hydrogens (tertiary/aromatic N) is 4. The number of aryl methyl sites for hydroxylation is 1. The standard InChI is InChI=1S/C10H21N5O2S/c1-13-8-6-12-10(13)9-15(3)18(16,17)14(2)7-4-5-11/h6,8H,4-5,7,9,11H2,1-3H3. The molecule has 0 aliphatic carbocycles. The summed E-state index contributed by atoms with van der Waals surface area (Å²) in [7, 11) is 1.49. The highest BCUT2D eigenvalue weighted by atomic mass is 32.2. The molecule has 1 heterocycles. The first kappa shape index (κ1) is 15.1. The molecule has 0 aliphatic heterocycles. The van der Waals surface area contributed by atoms with Crippen molar-refractivity contribution in [2.24, 2.45) is 12.8 Å². The monoisotopic (exact) mass is 275 g/mol. The Bertz CT molecular complexity index is 470. The summed E-state index contributed by atoms with van der Waals surface area (Å²) in [5.41, 5.74) is 5.38. The van der Waals surface area contributed by atoms with E-state index in [1.54, 1.807) is 31.1 Å². The summed E-state index contributed by atoms with van der Waals surface area (Å²) in [6.45, 7) is 1.14. The second-order valence-electron chi connectivity index (χ2n) is 4.18. The van der Waals surface area contributed by atoms with Crippen LogP contribution in [-0.2, 0) is 23.8 Å². The molecular weight excluding hydrogens is 254 g/mol. The average molecular weight is 275 g/mol. The molecule has 0 saturated heterocycles. The molecule has 0 spiro atoms. The molecule has 2 N–H and O–H groups in total. The highest BCUT2D eigenvalue weighted by molar-refractivity contribution is 7.86. The van der Waals surface area contributed by atoms with Gasteiger partial charge in [0.25, 0.3) is 10.2 Å². The van der Waals surface area contributed by atoms with Crippen LogP contribution in [0, 0.1) is 0 Å². The van der Waals surface area contributed by atoms with Crippen molar-refractivity contribution in [1.82, 2.24) is 18.2 Å². The van der Waals surface area contributed by atoms with E-state index < -0.39 is 10.2 Å². The molecule has 18 heavy (non-hydrogen) atoms. The predicted molar refractivity (Wildman–Crippen MR) is 69.9 cm³/mol. The number of hydrogen-bond acceptors (Lipinski definition) is 4. The van der Waals surface area contributed by atoms with Crippen molar-refractivity contribution < 1.29 is 8.42 Å². The van der Waals surface area contributed by atoms with E-state index in [4.69, 9.17) is 5.73 Å².